The number of amides is 1. The summed E-state index contributed by atoms with van der Waals surface area (Å²) in [7, 11) is 0. The first-order valence-corrected chi connectivity index (χ1v) is 6.82. The first-order chi connectivity index (χ1) is 9.22. The summed E-state index contributed by atoms with van der Waals surface area (Å²) in [6.45, 7) is 0.647. The number of hydrogen-bond donors (Lipinski definition) is 3. The number of aromatic nitrogens is 2. The molecule has 6 heteroatoms. The second kappa shape index (κ2) is 5.14. The summed E-state index contributed by atoms with van der Waals surface area (Å²) in [5, 5.41) is 6.10. The Labute approximate surface area is 119 Å². The number of H-pyrrole nitrogens is 1. The van der Waals surface area contributed by atoms with Crippen LogP contribution in [0.15, 0.2) is 35.1 Å². The van der Waals surface area contributed by atoms with Crippen molar-refractivity contribution in [2.45, 2.75) is 19.0 Å². The zero-order chi connectivity index (χ0) is 13.2. The summed E-state index contributed by atoms with van der Waals surface area (Å²) in [5.74, 6) is -0.0315. The zero-order valence-electron chi connectivity index (χ0n) is 10.1. The van der Waals surface area contributed by atoms with Crippen LogP contribution >= 0.6 is 15.9 Å². The highest BCUT2D eigenvalue weighted by Gasteiger charge is 2.25. The van der Waals surface area contributed by atoms with Gasteiger partial charge >= 0.3 is 0 Å². The van der Waals surface area contributed by atoms with Crippen LogP contribution in [-0.4, -0.2) is 21.9 Å². The molecule has 3 N–H and O–H groups in total. The van der Waals surface area contributed by atoms with E-state index < -0.39 is 0 Å². The van der Waals surface area contributed by atoms with Gasteiger partial charge < -0.3 is 10.3 Å². The maximum atomic E-state index is 12.2. The van der Waals surface area contributed by atoms with Gasteiger partial charge in [0.1, 0.15) is 0 Å². The fraction of sp³-hybridized carbons (Fsp3) is 0.231. The third-order valence-corrected chi connectivity index (χ3v) is 3.69. The van der Waals surface area contributed by atoms with Gasteiger partial charge in [0, 0.05) is 23.1 Å². The number of aromatic amines is 1. The second-order valence-electron chi connectivity index (χ2n) is 4.46. The lowest BCUT2D eigenvalue weighted by molar-refractivity contribution is -0.118. The van der Waals surface area contributed by atoms with Crippen LogP contribution in [0.5, 0.6) is 0 Å². The van der Waals surface area contributed by atoms with Crippen LogP contribution in [0.2, 0.25) is 0 Å². The van der Waals surface area contributed by atoms with Gasteiger partial charge in [0.25, 0.3) is 0 Å². The van der Waals surface area contributed by atoms with Gasteiger partial charge in [0.2, 0.25) is 5.91 Å². The van der Waals surface area contributed by atoms with Crippen molar-refractivity contribution >= 4 is 27.5 Å². The van der Waals surface area contributed by atoms with E-state index in [1.807, 2.05) is 24.3 Å². The minimum Gasteiger partial charge on any atom is -0.347 e. The van der Waals surface area contributed by atoms with E-state index in [9.17, 15) is 4.79 Å². The Kier molecular flexibility index (Phi) is 3.35. The molecule has 3 rings (SSSR count). The lowest BCUT2D eigenvalue weighted by Gasteiger charge is -2.22. The molecule has 0 aliphatic carbocycles. The number of carbonyl (C=O) groups excluding carboxylic acids is 1. The van der Waals surface area contributed by atoms with E-state index in [2.05, 4.69) is 36.5 Å². The highest BCUT2D eigenvalue weighted by Crippen LogP contribution is 2.16. The predicted octanol–water partition coefficient (Wildman–Crippen LogP) is 1.83. The lowest BCUT2D eigenvalue weighted by Crippen LogP contribution is -2.44. The van der Waals surface area contributed by atoms with Crippen LogP contribution in [0, 0.1) is 0 Å². The molecule has 1 aliphatic heterocycles. The van der Waals surface area contributed by atoms with E-state index >= 15 is 0 Å². The molecular formula is C13H13BrN4O. The minimum atomic E-state index is -0.237. The lowest BCUT2D eigenvalue weighted by atomic mass is 10.0. The quantitative estimate of drug-likeness (QED) is 0.790. The minimum absolute atomic E-state index is 0.0315. The predicted molar refractivity (Wildman–Crippen MR) is 75.7 cm³/mol. The smallest absolute Gasteiger partial charge is 0.241 e. The molecule has 1 aliphatic rings. The van der Waals surface area contributed by atoms with Gasteiger partial charge in [0.05, 0.1) is 23.8 Å². The van der Waals surface area contributed by atoms with Crippen molar-refractivity contribution in [3.63, 3.8) is 0 Å². The number of rotatable bonds is 2. The summed E-state index contributed by atoms with van der Waals surface area (Å²) in [5.41, 5.74) is 2.82. The van der Waals surface area contributed by atoms with Crippen LogP contribution in [0.4, 0.5) is 5.69 Å². The first-order valence-electron chi connectivity index (χ1n) is 6.03. The van der Waals surface area contributed by atoms with Crippen molar-refractivity contribution in [2.24, 2.45) is 0 Å². The molecule has 1 aromatic carbocycles. The van der Waals surface area contributed by atoms with Crippen molar-refractivity contribution in [3.05, 3.63) is 46.5 Å². The molecule has 2 aromatic rings. The normalized spacial score (nSPS) is 17.8. The first kappa shape index (κ1) is 12.4. The number of nitrogens with zero attached hydrogens (tertiary/aromatic N) is 1. The Hall–Kier alpha value is -1.66. The SMILES string of the molecule is O=C(Nc1ccc(Br)cc1)C1Cc2nc[nH]c2CN1. The van der Waals surface area contributed by atoms with Gasteiger partial charge in [0.15, 0.2) is 0 Å². The molecular weight excluding hydrogens is 308 g/mol. The van der Waals surface area contributed by atoms with E-state index in [0.29, 0.717) is 13.0 Å². The van der Waals surface area contributed by atoms with Crippen LogP contribution in [0.3, 0.4) is 0 Å². The number of hydrogen-bond acceptors (Lipinski definition) is 3. The third-order valence-electron chi connectivity index (χ3n) is 3.16. The molecule has 0 bridgehead atoms. The fourth-order valence-corrected chi connectivity index (χ4v) is 2.38. The summed E-state index contributed by atoms with van der Waals surface area (Å²) < 4.78 is 0.988. The van der Waals surface area contributed by atoms with Crippen molar-refractivity contribution in [1.82, 2.24) is 15.3 Å². The highest BCUT2D eigenvalue weighted by atomic mass is 79.9. The number of anilines is 1. The molecule has 0 fully saturated rings. The summed E-state index contributed by atoms with van der Waals surface area (Å²) in [6.07, 6.45) is 2.28. The van der Waals surface area contributed by atoms with Gasteiger partial charge in [-0.25, -0.2) is 4.98 Å². The highest BCUT2D eigenvalue weighted by molar-refractivity contribution is 9.10. The Balaban J connectivity index is 1.67. The van der Waals surface area contributed by atoms with Crippen molar-refractivity contribution in [2.75, 3.05) is 5.32 Å². The van der Waals surface area contributed by atoms with E-state index in [-0.39, 0.29) is 11.9 Å². The molecule has 19 heavy (non-hydrogen) atoms. The van der Waals surface area contributed by atoms with Crippen LogP contribution in [-0.2, 0) is 17.8 Å². The summed E-state index contributed by atoms with van der Waals surface area (Å²) in [6, 6.07) is 7.29. The van der Waals surface area contributed by atoms with E-state index in [1.165, 1.54) is 0 Å². The molecule has 0 saturated heterocycles. The van der Waals surface area contributed by atoms with Crippen molar-refractivity contribution in [3.8, 4) is 0 Å². The number of halogens is 1. The van der Waals surface area contributed by atoms with Gasteiger partial charge in [-0.2, -0.15) is 0 Å². The Bertz CT molecular complexity index is 593. The molecule has 2 heterocycles. The fourth-order valence-electron chi connectivity index (χ4n) is 2.12. The number of fused-ring (bicyclic) bond motifs is 1. The standard InChI is InChI=1S/C13H13BrN4O/c14-8-1-3-9(4-2-8)18-13(19)11-5-10-12(6-15-11)17-7-16-10/h1-4,7,11,15H,5-6H2,(H,16,17)(H,18,19). The van der Waals surface area contributed by atoms with E-state index in [4.69, 9.17) is 0 Å². The summed E-state index contributed by atoms with van der Waals surface area (Å²) >= 11 is 3.37. The molecule has 5 nitrogen and oxygen atoms in total. The zero-order valence-corrected chi connectivity index (χ0v) is 11.7. The molecule has 1 amide bonds. The number of nitrogens with one attached hydrogen (secondary N) is 3. The van der Waals surface area contributed by atoms with E-state index in [0.717, 1.165) is 21.5 Å². The maximum absolute atomic E-state index is 12.2. The Morgan fingerprint density at radius 1 is 1.37 bits per heavy atom. The van der Waals surface area contributed by atoms with Gasteiger partial charge in [-0.15, -0.1) is 0 Å². The monoisotopic (exact) mass is 320 g/mol. The molecule has 1 aromatic heterocycles. The number of carbonyl (C=O) groups is 1. The van der Waals surface area contributed by atoms with Gasteiger partial charge in [-0.1, -0.05) is 15.9 Å². The summed E-state index contributed by atoms with van der Waals surface area (Å²) in [4.78, 5) is 19.4. The Morgan fingerprint density at radius 2 is 2.16 bits per heavy atom. The van der Waals surface area contributed by atoms with Gasteiger partial charge in [-0.3, -0.25) is 10.1 Å². The average molecular weight is 321 g/mol. The van der Waals surface area contributed by atoms with Crippen molar-refractivity contribution < 1.29 is 4.79 Å². The van der Waals surface area contributed by atoms with Crippen LogP contribution in [0.1, 0.15) is 11.4 Å². The molecule has 0 saturated carbocycles. The van der Waals surface area contributed by atoms with Crippen LogP contribution in [0.25, 0.3) is 0 Å². The third kappa shape index (κ3) is 2.69. The molecule has 1 unspecified atom stereocenters. The average Bonchev–Trinajstić information content (AvgIpc) is 2.88. The van der Waals surface area contributed by atoms with E-state index in [1.54, 1.807) is 6.33 Å². The second-order valence-corrected chi connectivity index (χ2v) is 5.38. The molecule has 0 spiro atoms. The molecule has 0 radical (unpaired) electrons. The van der Waals surface area contributed by atoms with Gasteiger partial charge in [-0.05, 0) is 24.3 Å². The van der Waals surface area contributed by atoms with Crippen molar-refractivity contribution in [1.29, 1.82) is 0 Å². The largest absolute Gasteiger partial charge is 0.347 e. The maximum Gasteiger partial charge on any atom is 0.241 e. The van der Waals surface area contributed by atoms with Crippen LogP contribution < -0.4 is 10.6 Å². The number of imidazole rings is 1. The number of benzene rings is 1. The topological polar surface area (TPSA) is 69.8 Å². The molecule has 98 valence electrons. The Morgan fingerprint density at radius 3 is 2.95 bits per heavy atom. The molecule has 1 atom stereocenters.